The highest BCUT2D eigenvalue weighted by atomic mass is 32.1. The van der Waals surface area contributed by atoms with Gasteiger partial charge in [-0.25, -0.2) is 0 Å². The molecule has 0 heterocycles. The fraction of sp³-hybridized carbons (Fsp3) is 0.182. The average Bonchev–Trinajstić information content (AvgIpc) is 2.18. The maximum absolute atomic E-state index is 11.6. The normalized spacial score (nSPS) is 9.57. The van der Waals surface area contributed by atoms with Gasteiger partial charge in [-0.2, -0.15) is 0 Å². The molecule has 0 radical (unpaired) electrons. The molecule has 1 aromatic rings. The zero-order chi connectivity index (χ0) is 10.6. The van der Waals surface area contributed by atoms with Crippen LogP contribution in [0.2, 0.25) is 0 Å². The summed E-state index contributed by atoms with van der Waals surface area (Å²) in [7, 11) is 0. The highest BCUT2D eigenvalue weighted by molar-refractivity contribution is 7.80. The second kappa shape index (κ2) is 4.86. The van der Waals surface area contributed by atoms with Crippen LogP contribution in [-0.2, 0) is 0 Å². The Bertz CT molecular complexity index is 360. The Morgan fingerprint density at radius 2 is 2.36 bits per heavy atom. The SMILES string of the molecule is C=CCNC(=O)c1cc(S)ccc1C. The fourth-order valence-corrected chi connectivity index (χ4v) is 1.32. The minimum atomic E-state index is -0.0849. The Kier molecular flexibility index (Phi) is 3.77. The van der Waals surface area contributed by atoms with E-state index in [0.717, 1.165) is 10.5 Å². The molecule has 0 saturated heterocycles. The van der Waals surface area contributed by atoms with E-state index in [-0.39, 0.29) is 5.91 Å². The number of nitrogens with one attached hydrogen (secondary N) is 1. The quantitative estimate of drug-likeness (QED) is 0.577. The van der Waals surface area contributed by atoms with Gasteiger partial charge < -0.3 is 5.32 Å². The van der Waals surface area contributed by atoms with Crippen LogP contribution in [-0.4, -0.2) is 12.5 Å². The van der Waals surface area contributed by atoms with Gasteiger partial charge in [0.15, 0.2) is 0 Å². The van der Waals surface area contributed by atoms with E-state index in [4.69, 9.17) is 0 Å². The first-order valence-electron chi connectivity index (χ1n) is 4.34. The number of carbonyl (C=O) groups excluding carboxylic acids is 1. The van der Waals surface area contributed by atoms with Gasteiger partial charge in [-0.15, -0.1) is 19.2 Å². The van der Waals surface area contributed by atoms with E-state index < -0.39 is 0 Å². The minimum absolute atomic E-state index is 0.0849. The zero-order valence-corrected chi connectivity index (χ0v) is 8.97. The Labute approximate surface area is 89.4 Å². The molecular formula is C11H13NOS. The van der Waals surface area contributed by atoms with Crippen molar-refractivity contribution in [1.82, 2.24) is 5.32 Å². The molecule has 1 aromatic carbocycles. The van der Waals surface area contributed by atoms with Gasteiger partial charge >= 0.3 is 0 Å². The molecule has 0 spiro atoms. The summed E-state index contributed by atoms with van der Waals surface area (Å²) in [5, 5.41) is 2.73. The summed E-state index contributed by atoms with van der Waals surface area (Å²) >= 11 is 4.19. The van der Waals surface area contributed by atoms with E-state index >= 15 is 0 Å². The van der Waals surface area contributed by atoms with Gasteiger partial charge in [0.25, 0.3) is 5.91 Å². The van der Waals surface area contributed by atoms with Crippen molar-refractivity contribution in [3.8, 4) is 0 Å². The van der Waals surface area contributed by atoms with Gasteiger partial charge in [0, 0.05) is 17.0 Å². The van der Waals surface area contributed by atoms with E-state index in [2.05, 4.69) is 24.5 Å². The summed E-state index contributed by atoms with van der Waals surface area (Å²) in [6, 6.07) is 5.50. The molecule has 0 aliphatic rings. The lowest BCUT2D eigenvalue weighted by atomic mass is 10.1. The Hall–Kier alpha value is -1.22. The highest BCUT2D eigenvalue weighted by Crippen LogP contribution is 2.13. The number of hydrogen-bond acceptors (Lipinski definition) is 2. The van der Waals surface area contributed by atoms with E-state index in [9.17, 15) is 4.79 Å². The van der Waals surface area contributed by atoms with Crippen molar-refractivity contribution < 1.29 is 4.79 Å². The predicted molar refractivity (Wildman–Crippen MR) is 61.0 cm³/mol. The number of hydrogen-bond donors (Lipinski definition) is 2. The van der Waals surface area contributed by atoms with Crippen molar-refractivity contribution in [3.05, 3.63) is 42.0 Å². The second-order valence-corrected chi connectivity index (χ2v) is 3.51. The average molecular weight is 207 g/mol. The predicted octanol–water partition coefficient (Wildman–Crippen LogP) is 2.20. The Balaban J connectivity index is 2.88. The number of carbonyl (C=O) groups is 1. The van der Waals surface area contributed by atoms with Crippen LogP contribution in [0.25, 0.3) is 0 Å². The van der Waals surface area contributed by atoms with Crippen molar-refractivity contribution in [2.24, 2.45) is 0 Å². The number of rotatable bonds is 3. The smallest absolute Gasteiger partial charge is 0.251 e. The molecule has 0 saturated carbocycles. The summed E-state index contributed by atoms with van der Waals surface area (Å²) in [4.78, 5) is 12.4. The van der Waals surface area contributed by atoms with Gasteiger partial charge in [0.1, 0.15) is 0 Å². The Morgan fingerprint density at radius 1 is 1.64 bits per heavy atom. The van der Waals surface area contributed by atoms with Crippen LogP contribution in [0.5, 0.6) is 0 Å². The van der Waals surface area contributed by atoms with Gasteiger partial charge in [0.05, 0.1) is 0 Å². The van der Waals surface area contributed by atoms with Crippen LogP contribution in [0.3, 0.4) is 0 Å². The Morgan fingerprint density at radius 3 is 3.00 bits per heavy atom. The van der Waals surface area contributed by atoms with Crippen LogP contribution in [0.15, 0.2) is 35.7 Å². The third-order valence-electron chi connectivity index (χ3n) is 1.87. The lowest BCUT2D eigenvalue weighted by molar-refractivity contribution is 0.0957. The topological polar surface area (TPSA) is 29.1 Å². The largest absolute Gasteiger partial charge is 0.349 e. The van der Waals surface area contributed by atoms with E-state index in [0.29, 0.717) is 12.1 Å². The number of aryl methyl sites for hydroxylation is 1. The molecule has 3 heteroatoms. The van der Waals surface area contributed by atoms with Crippen LogP contribution in [0, 0.1) is 6.92 Å². The van der Waals surface area contributed by atoms with Gasteiger partial charge in [-0.1, -0.05) is 12.1 Å². The highest BCUT2D eigenvalue weighted by Gasteiger charge is 2.07. The van der Waals surface area contributed by atoms with Crippen LogP contribution >= 0.6 is 12.6 Å². The van der Waals surface area contributed by atoms with Gasteiger partial charge in [0.2, 0.25) is 0 Å². The van der Waals surface area contributed by atoms with E-state index in [1.807, 2.05) is 19.1 Å². The molecule has 2 nitrogen and oxygen atoms in total. The van der Waals surface area contributed by atoms with Crippen molar-refractivity contribution in [2.45, 2.75) is 11.8 Å². The molecule has 1 amide bonds. The molecule has 0 aliphatic carbocycles. The van der Waals surface area contributed by atoms with Crippen molar-refractivity contribution in [1.29, 1.82) is 0 Å². The van der Waals surface area contributed by atoms with E-state index in [1.54, 1.807) is 12.1 Å². The molecule has 74 valence electrons. The fourth-order valence-electron chi connectivity index (χ4n) is 1.11. The summed E-state index contributed by atoms with van der Waals surface area (Å²) in [5.74, 6) is -0.0849. The maximum Gasteiger partial charge on any atom is 0.251 e. The molecular weight excluding hydrogens is 194 g/mol. The first kappa shape index (κ1) is 10.9. The molecule has 0 unspecified atom stereocenters. The van der Waals surface area contributed by atoms with Gasteiger partial charge in [-0.05, 0) is 24.6 Å². The van der Waals surface area contributed by atoms with Crippen LogP contribution in [0.1, 0.15) is 15.9 Å². The van der Waals surface area contributed by atoms with E-state index in [1.165, 1.54) is 0 Å². The van der Waals surface area contributed by atoms with Crippen molar-refractivity contribution in [2.75, 3.05) is 6.54 Å². The lowest BCUT2D eigenvalue weighted by Gasteiger charge is -2.06. The van der Waals surface area contributed by atoms with Crippen molar-refractivity contribution >= 4 is 18.5 Å². The molecule has 14 heavy (non-hydrogen) atoms. The summed E-state index contributed by atoms with van der Waals surface area (Å²) in [6.45, 7) is 5.92. The standard InChI is InChI=1S/C11H13NOS/c1-3-6-12-11(13)10-7-9(14)5-4-8(10)2/h3-5,7,14H,1,6H2,2H3,(H,12,13). The third kappa shape index (κ3) is 2.64. The minimum Gasteiger partial charge on any atom is -0.349 e. The molecule has 0 atom stereocenters. The maximum atomic E-state index is 11.6. The molecule has 0 fully saturated rings. The monoisotopic (exact) mass is 207 g/mol. The van der Waals surface area contributed by atoms with Gasteiger partial charge in [-0.3, -0.25) is 4.79 Å². The molecule has 0 aromatic heterocycles. The molecule has 1 rings (SSSR count). The van der Waals surface area contributed by atoms with Crippen LogP contribution in [0.4, 0.5) is 0 Å². The first-order valence-corrected chi connectivity index (χ1v) is 4.78. The summed E-state index contributed by atoms with van der Waals surface area (Å²) in [6.07, 6.45) is 1.65. The lowest BCUT2D eigenvalue weighted by Crippen LogP contribution is -2.23. The first-order chi connectivity index (χ1) is 6.65. The number of thiol groups is 1. The molecule has 0 bridgehead atoms. The number of amides is 1. The molecule has 1 N–H and O–H groups in total. The zero-order valence-electron chi connectivity index (χ0n) is 8.08. The number of benzene rings is 1. The third-order valence-corrected chi connectivity index (χ3v) is 2.15. The summed E-state index contributed by atoms with van der Waals surface area (Å²) in [5.41, 5.74) is 1.61. The second-order valence-electron chi connectivity index (χ2n) is 3.00. The van der Waals surface area contributed by atoms with Crippen LogP contribution < -0.4 is 5.32 Å². The summed E-state index contributed by atoms with van der Waals surface area (Å²) < 4.78 is 0. The molecule has 0 aliphatic heterocycles. The van der Waals surface area contributed by atoms with Crippen molar-refractivity contribution in [3.63, 3.8) is 0 Å².